The highest BCUT2D eigenvalue weighted by atomic mass is 16.3. The number of benzene rings is 1. The van der Waals surface area contributed by atoms with Gasteiger partial charge in [-0.3, -0.25) is 9.78 Å². The lowest BCUT2D eigenvalue weighted by Gasteiger charge is -2.38. The fourth-order valence-corrected chi connectivity index (χ4v) is 3.61. The Kier molecular flexibility index (Phi) is 4.67. The largest absolute Gasteiger partial charge is 0.393 e. The van der Waals surface area contributed by atoms with E-state index in [2.05, 4.69) is 15.3 Å². The number of carbonyl (C=O) groups is 1. The van der Waals surface area contributed by atoms with Gasteiger partial charge in [0.1, 0.15) is 6.54 Å². The van der Waals surface area contributed by atoms with E-state index in [0.29, 0.717) is 5.92 Å². The second-order valence-electron chi connectivity index (χ2n) is 6.98. The topological polar surface area (TPSA) is 80.0 Å². The van der Waals surface area contributed by atoms with Gasteiger partial charge in [0.15, 0.2) is 0 Å². The van der Waals surface area contributed by atoms with Crippen LogP contribution >= 0.6 is 0 Å². The molecule has 0 bridgehead atoms. The van der Waals surface area contributed by atoms with Gasteiger partial charge in [-0.05, 0) is 55.0 Å². The van der Waals surface area contributed by atoms with Crippen molar-refractivity contribution in [3.8, 4) is 0 Å². The summed E-state index contributed by atoms with van der Waals surface area (Å²) >= 11 is 0. The molecule has 2 N–H and O–H groups in total. The van der Waals surface area contributed by atoms with Gasteiger partial charge in [-0.2, -0.15) is 0 Å². The third-order valence-corrected chi connectivity index (χ3v) is 5.11. The Bertz CT molecular complexity index is 887. The molecule has 26 heavy (non-hydrogen) atoms. The van der Waals surface area contributed by atoms with E-state index in [1.54, 1.807) is 18.7 Å². The van der Waals surface area contributed by atoms with Crippen molar-refractivity contribution in [3.63, 3.8) is 0 Å². The van der Waals surface area contributed by atoms with E-state index in [9.17, 15) is 9.90 Å². The molecular formula is C20H22N4O2. The summed E-state index contributed by atoms with van der Waals surface area (Å²) in [4.78, 5) is 21.0. The van der Waals surface area contributed by atoms with E-state index < -0.39 is 0 Å². The van der Waals surface area contributed by atoms with Gasteiger partial charge in [-0.25, -0.2) is 4.98 Å². The van der Waals surface area contributed by atoms with Crippen molar-refractivity contribution in [1.29, 1.82) is 0 Å². The molecule has 0 saturated heterocycles. The Morgan fingerprint density at radius 1 is 1.23 bits per heavy atom. The molecule has 1 aliphatic carbocycles. The zero-order valence-corrected chi connectivity index (χ0v) is 14.5. The number of rotatable bonds is 6. The number of nitrogens with one attached hydrogen (secondary N) is 1. The van der Waals surface area contributed by atoms with Crippen molar-refractivity contribution < 1.29 is 9.90 Å². The molecule has 134 valence electrons. The molecular weight excluding hydrogens is 328 g/mol. The van der Waals surface area contributed by atoms with Crippen molar-refractivity contribution in [2.24, 2.45) is 5.92 Å². The zero-order chi connectivity index (χ0) is 17.9. The Hall–Kier alpha value is -2.73. The summed E-state index contributed by atoms with van der Waals surface area (Å²) in [6, 6.07) is 11.7. The van der Waals surface area contributed by atoms with Crippen LogP contribution in [0.3, 0.4) is 0 Å². The standard InChI is InChI=1S/C20H22N4O2/c25-16-10-15(11-16)18(9-14-5-7-21-8-6-14)23-20(26)12-24-13-22-17-3-1-2-4-19(17)24/h1-8,13,15-16,18,25H,9-12H2,(H,23,26)/t15?,16?,18-/m0/s1. The van der Waals surface area contributed by atoms with E-state index in [-0.39, 0.29) is 24.6 Å². The monoisotopic (exact) mass is 350 g/mol. The smallest absolute Gasteiger partial charge is 0.240 e. The summed E-state index contributed by atoms with van der Waals surface area (Å²) in [6.45, 7) is 0.239. The molecule has 1 amide bonds. The van der Waals surface area contributed by atoms with Crippen LogP contribution in [0.5, 0.6) is 0 Å². The van der Waals surface area contributed by atoms with Crippen molar-refractivity contribution in [1.82, 2.24) is 19.9 Å². The van der Waals surface area contributed by atoms with Gasteiger partial charge in [0.05, 0.1) is 23.5 Å². The van der Waals surface area contributed by atoms with Crippen LogP contribution < -0.4 is 5.32 Å². The van der Waals surface area contributed by atoms with Gasteiger partial charge in [0.2, 0.25) is 5.91 Å². The molecule has 2 heterocycles. The first-order chi connectivity index (χ1) is 12.7. The number of pyridine rings is 1. The Labute approximate surface area is 151 Å². The van der Waals surface area contributed by atoms with Crippen molar-refractivity contribution in [2.45, 2.75) is 38.0 Å². The molecule has 1 aromatic carbocycles. The predicted octanol–water partition coefficient (Wildman–Crippen LogP) is 1.93. The van der Waals surface area contributed by atoms with Crippen LogP contribution in [-0.2, 0) is 17.8 Å². The number of para-hydroxylation sites is 2. The molecule has 0 unspecified atom stereocenters. The first-order valence-electron chi connectivity index (χ1n) is 8.95. The van der Waals surface area contributed by atoms with Gasteiger partial charge in [-0.1, -0.05) is 12.1 Å². The Balaban J connectivity index is 1.45. The minimum atomic E-state index is -0.241. The van der Waals surface area contributed by atoms with Gasteiger partial charge in [0, 0.05) is 18.4 Å². The van der Waals surface area contributed by atoms with E-state index in [4.69, 9.17) is 0 Å². The highest BCUT2D eigenvalue weighted by Crippen LogP contribution is 2.31. The number of carbonyl (C=O) groups excluding carboxylic acids is 1. The number of hydrogen-bond donors (Lipinski definition) is 2. The van der Waals surface area contributed by atoms with Crippen molar-refractivity contribution >= 4 is 16.9 Å². The van der Waals surface area contributed by atoms with Crippen LogP contribution in [0.2, 0.25) is 0 Å². The maximum Gasteiger partial charge on any atom is 0.240 e. The van der Waals surface area contributed by atoms with Crippen molar-refractivity contribution in [3.05, 3.63) is 60.7 Å². The molecule has 0 radical (unpaired) electrons. The highest BCUT2D eigenvalue weighted by molar-refractivity contribution is 5.80. The second kappa shape index (κ2) is 7.25. The summed E-state index contributed by atoms with van der Waals surface area (Å²) in [5.41, 5.74) is 2.97. The molecule has 0 spiro atoms. The summed E-state index contributed by atoms with van der Waals surface area (Å²) in [7, 11) is 0. The quantitative estimate of drug-likeness (QED) is 0.712. The fraction of sp³-hybridized carbons (Fsp3) is 0.350. The molecule has 3 aromatic rings. The van der Waals surface area contributed by atoms with Crippen LogP contribution in [0.1, 0.15) is 18.4 Å². The molecule has 6 heteroatoms. The van der Waals surface area contributed by atoms with Gasteiger partial charge in [0.25, 0.3) is 0 Å². The van der Waals surface area contributed by atoms with E-state index >= 15 is 0 Å². The average molecular weight is 350 g/mol. The number of amides is 1. The molecule has 1 fully saturated rings. The van der Waals surface area contributed by atoms with Crippen LogP contribution in [0.25, 0.3) is 11.0 Å². The number of aromatic nitrogens is 3. The molecule has 1 aliphatic rings. The van der Waals surface area contributed by atoms with E-state index in [1.165, 1.54) is 0 Å². The number of aliphatic hydroxyl groups excluding tert-OH is 1. The fourth-order valence-electron chi connectivity index (χ4n) is 3.61. The molecule has 4 rings (SSSR count). The summed E-state index contributed by atoms with van der Waals surface area (Å²) < 4.78 is 1.86. The Morgan fingerprint density at radius 3 is 2.77 bits per heavy atom. The third kappa shape index (κ3) is 3.60. The number of imidazole rings is 1. The lowest BCUT2D eigenvalue weighted by Crippen LogP contribution is -2.49. The van der Waals surface area contributed by atoms with E-state index in [1.807, 2.05) is 41.0 Å². The number of fused-ring (bicyclic) bond motifs is 1. The minimum Gasteiger partial charge on any atom is -0.393 e. The minimum absolute atomic E-state index is 0.0167. The number of nitrogens with zero attached hydrogens (tertiary/aromatic N) is 3. The first kappa shape index (κ1) is 16.7. The van der Waals surface area contributed by atoms with Gasteiger partial charge < -0.3 is 15.0 Å². The lowest BCUT2D eigenvalue weighted by molar-refractivity contribution is -0.123. The zero-order valence-electron chi connectivity index (χ0n) is 14.5. The van der Waals surface area contributed by atoms with Gasteiger partial charge >= 0.3 is 0 Å². The summed E-state index contributed by atoms with van der Waals surface area (Å²) in [5, 5.41) is 12.8. The number of hydrogen-bond acceptors (Lipinski definition) is 4. The summed E-state index contributed by atoms with van der Waals surface area (Å²) in [5.74, 6) is 0.273. The van der Waals surface area contributed by atoms with Crippen LogP contribution in [0.15, 0.2) is 55.1 Å². The normalized spacial score (nSPS) is 20.5. The van der Waals surface area contributed by atoms with E-state index in [0.717, 1.165) is 35.9 Å². The first-order valence-corrected chi connectivity index (χ1v) is 8.95. The second-order valence-corrected chi connectivity index (χ2v) is 6.98. The molecule has 2 aromatic heterocycles. The lowest BCUT2D eigenvalue weighted by atomic mass is 9.75. The molecule has 6 nitrogen and oxygen atoms in total. The predicted molar refractivity (Wildman–Crippen MR) is 98.3 cm³/mol. The van der Waals surface area contributed by atoms with Crippen LogP contribution in [0.4, 0.5) is 0 Å². The molecule has 1 atom stereocenters. The SMILES string of the molecule is O=C(Cn1cnc2ccccc21)N[C@@H](Cc1ccncc1)C1CC(O)C1. The maximum absolute atomic E-state index is 12.6. The summed E-state index contributed by atoms with van der Waals surface area (Å²) in [6.07, 6.45) is 7.22. The Morgan fingerprint density at radius 2 is 2.00 bits per heavy atom. The molecule has 1 saturated carbocycles. The number of aliphatic hydroxyl groups is 1. The third-order valence-electron chi connectivity index (χ3n) is 5.11. The van der Waals surface area contributed by atoms with Gasteiger partial charge in [-0.15, -0.1) is 0 Å². The highest BCUT2D eigenvalue weighted by Gasteiger charge is 2.34. The average Bonchev–Trinajstić information content (AvgIpc) is 3.02. The van der Waals surface area contributed by atoms with Crippen molar-refractivity contribution in [2.75, 3.05) is 0 Å². The maximum atomic E-state index is 12.6. The van der Waals surface area contributed by atoms with Crippen LogP contribution in [-0.4, -0.2) is 37.7 Å². The molecule has 0 aliphatic heterocycles. The van der Waals surface area contributed by atoms with Crippen LogP contribution in [0, 0.1) is 5.92 Å².